The Morgan fingerprint density at radius 1 is 1.40 bits per heavy atom. The van der Waals surface area contributed by atoms with Crippen LogP contribution >= 0.6 is 0 Å². The molecule has 1 aliphatic heterocycles. The number of hydrogen-bond donors (Lipinski definition) is 2. The van der Waals surface area contributed by atoms with Crippen LogP contribution in [0.15, 0.2) is 18.2 Å². The first-order valence-corrected chi connectivity index (χ1v) is 7.48. The third-order valence-electron chi connectivity index (χ3n) is 3.56. The minimum absolute atomic E-state index is 0.165. The lowest BCUT2D eigenvalue weighted by atomic mass is 9.89. The SMILES string of the molecule is Cc1ccc2c(c1)CC(CNCC(O)CC(C)(C)C)O2. The van der Waals surface area contributed by atoms with Gasteiger partial charge in [0, 0.05) is 19.5 Å². The zero-order valence-electron chi connectivity index (χ0n) is 13.1. The highest BCUT2D eigenvalue weighted by atomic mass is 16.5. The predicted molar refractivity (Wildman–Crippen MR) is 82.2 cm³/mol. The smallest absolute Gasteiger partial charge is 0.123 e. The third-order valence-corrected chi connectivity index (χ3v) is 3.56. The van der Waals surface area contributed by atoms with Gasteiger partial charge in [-0.3, -0.25) is 0 Å². The molecule has 0 saturated heterocycles. The van der Waals surface area contributed by atoms with E-state index in [2.05, 4.69) is 51.2 Å². The quantitative estimate of drug-likeness (QED) is 0.869. The molecule has 1 aromatic carbocycles. The summed E-state index contributed by atoms with van der Waals surface area (Å²) in [5.74, 6) is 1.01. The summed E-state index contributed by atoms with van der Waals surface area (Å²) < 4.78 is 5.90. The van der Waals surface area contributed by atoms with Crippen LogP contribution in [0.25, 0.3) is 0 Å². The van der Waals surface area contributed by atoms with E-state index in [1.165, 1.54) is 11.1 Å². The lowest BCUT2D eigenvalue weighted by Crippen LogP contribution is -2.36. The Morgan fingerprint density at radius 2 is 2.15 bits per heavy atom. The maximum Gasteiger partial charge on any atom is 0.123 e. The Balaban J connectivity index is 1.72. The fraction of sp³-hybridized carbons (Fsp3) is 0.647. The van der Waals surface area contributed by atoms with Crippen molar-refractivity contribution in [2.24, 2.45) is 5.41 Å². The largest absolute Gasteiger partial charge is 0.488 e. The fourth-order valence-electron chi connectivity index (χ4n) is 2.75. The van der Waals surface area contributed by atoms with Gasteiger partial charge in [-0.05, 0) is 30.4 Å². The number of aliphatic hydroxyl groups is 1. The van der Waals surface area contributed by atoms with Crippen molar-refractivity contribution >= 4 is 0 Å². The number of rotatable bonds is 5. The van der Waals surface area contributed by atoms with Gasteiger partial charge in [0.1, 0.15) is 11.9 Å². The molecule has 1 aliphatic rings. The minimum atomic E-state index is -0.291. The van der Waals surface area contributed by atoms with Crippen molar-refractivity contribution in [3.05, 3.63) is 29.3 Å². The van der Waals surface area contributed by atoms with Crippen molar-refractivity contribution in [3.63, 3.8) is 0 Å². The Labute approximate surface area is 122 Å². The lowest BCUT2D eigenvalue weighted by molar-refractivity contribution is 0.115. The molecule has 0 spiro atoms. The van der Waals surface area contributed by atoms with Gasteiger partial charge in [-0.25, -0.2) is 0 Å². The van der Waals surface area contributed by atoms with Crippen molar-refractivity contribution in [3.8, 4) is 5.75 Å². The van der Waals surface area contributed by atoms with Gasteiger partial charge in [-0.15, -0.1) is 0 Å². The molecule has 0 amide bonds. The summed E-state index contributed by atoms with van der Waals surface area (Å²) in [4.78, 5) is 0. The van der Waals surface area contributed by atoms with E-state index in [4.69, 9.17) is 4.74 Å². The van der Waals surface area contributed by atoms with Gasteiger partial charge < -0.3 is 15.2 Å². The Kier molecular flexibility index (Phi) is 4.71. The van der Waals surface area contributed by atoms with E-state index in [9.17, 15) is 5.11 Å². The number of fused-ring (bicyclic) bond motifs is 1. The summed E-state index contributed by atoms with van der Waals surface area (Å²) >= 11 is 0. The molecule has 0 radical (unpaired) electrons. The highest BCUT2D eigenvalue weighted by Gasteiger charge is 2.23. The zero-order chi connectivity index (χ0) is 14.8. The number of ether oxygens (including phenoxy) is 1. The molecule has 0 fully saturated rings. The van der Waals surface area contributed by atoms with E-state index in [0.29, 0.717) is 6.54 Å². The van der Waals surface area contributed by atoms with Crippen molar-refractivity contribution in [2.75, 3.05) is 13.1 Å². The molecule has 112 valence electrons. The van der Waals surface area contributed by atoms with Crippen LogP contribution < -0.4 is 10.1 Å². The van der Waals surface area contributed by atoms with E-state index in [0.717, 1.165) is 25.1 Å². The highest BCUT2D eigenvalue weighted by molar-refractivity contribution is 5.40. The van der Waals surface area contributed by atoms with E-state index in [1.54, 1.807) is 0 Å². The van der Waals surface area contributed by atoms with Crippen molar-refractivity contribution in [1.82, 2.24) is 5.32 Å². The fourth-order valence-corrected chi connectivity index (χ4v) is 2.75. The topological polar surface area (TPSA) is 41.5 Å². The number of aliphatic hydroxyl groups excluding tert-OH is 1. The summed E-state index contributed by atoms with van der Waals surface area (Å²) in [6.45, 7) is 9.97. The number of benzene rings is 1. The van der Waals surface area contributed by atoms with Crippen LogP contribution in [-0.2, 0) is 6.42 Å². The van der Waals surface area contributed by atoms with Gasteiger partial charge in [0.05, 0.1) is 6.10 Å². The van der Waals surface area contributed by atoms with Crippen molar-refractivity contribution in [1.29, 1.82) is 0 Å². The predicted octanol–water partition coefficient (Wildman–Crippen LogP) is 2.69. The summed E-state index contributed by atoms with van der Waals surface area (Å²) in [6.07, 6.45) is 1.67. The molecular formula is C17H27NO2. The maximum atomic E-state index is 9.97. The summed E-state index contributed by atoms with van der Waals surface area (Å²) in [6, 6.07) is 6.34. The van der Waals surface area contributed by atoms with Crippen LogP contribution in [0.1, 0.15) is 38.3 Å². The van der Waals surface area contributed by atoms with Crippen LogP contribution in [0.5, 0.6) is 5.75 Å². The van der Waals surface area contributed by atoms with Gasteiger partial charge in [-0.1, -0.05) is 38.5 Å². The molecule has 0 aliphatic carbocycles. The van der Waals surface area contributed by atoms with Gasteiger partial charge >= 0.3 is 0 Å². The first-order chi connectivity index (χ1) is 9.33. The second kappa shape index (κ2) is 6.15. The summed E-state index contributed by atoms with van der Waals surface area (Å²) in [5.41, 5.74) is 2.74. The normalized spacial score (nSPS) is 19.6. The number of nitrogens with one attached hydrogen (secondary N) is 1. The Bertz CT molecular complexity index is 451. The van der Waals surface area contributed by atoms with E-state index in [-0.39, 0.29) is 17.6 Å². The minimum Gasteiger partial charge on any atom is -0.488 e. The zero-order valence-corrected chi connectivity index (χ0v) is 13.1. The van der Waals surface area contributed by atoms with E-state index < -0.39 is 0 Å². The highest BCUT2D eigenvalue weighted by Crippen LogP contribution is 2.29. The third kappa shape index (κ3) is 4.50. The van der Waals surface area contributed by atoms with Crippen LogP contribution in [0.3, 0.4) is 0 Å². The Morgan fingerprint density at radius 3 is 2.85 bits per heavy atom. The molecule has 3 heteroatoms. The van der Waals surface area contributed by atoms with Crippen LogP contribution in [0, 0.1) is 12.3 Å². The van der Waals surface area contributed by atoms with Crippen molar-refractivity contribution in [2.45, 2.75) is 52.7 Å². The van der Waals surface area contributed by atoms with Crippen LogP contribution in [0.2, 0.25) is 0 Å². The molecule has 1 heterocycles. The maximum absolute atomic E-state index is 9.97. The van der Waals surface area contributed by atoms with Crippen molar-refractivity contribution < 1.29 is 9.84 Å². The molecule has 2 atom stereocenters. The standard InChI is InChI=1S/C17H27NO2/c1-12-5-6-16-13(7-12)8-15(20-16)11-18-10-14(19)9-17(2,3)4/h5-7,14-15,18-19H,8-11H2,1-4H3. The number of aryl methyl sites for hydroxylation is 1. The first kappa shape index (κ1) is 15.3. The molecule has 2 rings (SSSR count). The van der Waals surface area contributed by atoms with Gasteiger partial charge in [0.2, 0.25) is 0 Å². The molecule has 2 N–H and O–H groups in total. The second-order valence-electron chi connectivity index (χ2n) is 7.13. The molecule has 2 unspecified atom stereocenters. The van der Waals surface area contributed by atoms with Crippen LogP contribution in [-0.4, -0.2) is 30.4 Å². The lowest BCUT2D eigenvalue weighted by Gasteiger charge is -2.23. The van der Waals surface area contributed by atoms with Gasteiger partial charge in [-0.2, -0.15) is 0 Å². The molecule has 0 saturated carbocycles. The van der Waals surface area contributed by atoms with E-state index in [1.807, 2.05) is 0 Å². The Hall–Kier alpha value is -1.06. The monoisotopic (exact) mass is 277 g/mol. The average molecular weight is 277 g/mol. The molecule has 20 heavy (non-hydrogen) atoms. The summed E-state index contributed by atoms with van der Waals surface area (Å²) in [7, 11) is 0. The molecule has 0 aromatic heterocycles. The molecular weight excluding hydrogens is 250 g/mol. The summed E-state index contributed by atoms with van der Waals surface area (Å²) in [5, 5.41) is 13.3. The van der Waals surface area contributed by atoms with Crippen LogP contribution in [0.4, 0.5) is 0 Å². The number of hydrogen-bond acceptors (Lipinski definition) is 3. The van der Waals surface area contributed by atoms with Gasteiger partial charge in [0.15, 0.2) is 0 Å². The van der Waals surface area contributed by atoms with Gasteiger partial charge in [0.25, 0.3) is 0 Å². The molecule has 1 aromatic rings. The average Bonchev–Trinajstić information content (AvgIpc) is 2.68. The second-order valence-corrected chi connectivity index (χ2v) is 7.13. The molecule has 0 bridgehead atoms. The molecule has 3 nitrogen and oxygen atoms in total. The first-order valence-electron chi connectivity index (χ1n) is 7.48. The van der Waals surface area contributed by atoms with E-state index >= 15 is 0 Å².